The predicted molar refractivity (Wildman–Crippen MR) is 86.0 cm³/mol. The highest BCUT2D eigenvalue weighted by molar-refractivity contribution is 6.06. The van der Waals surface area contributed by atoms with Crippen LogP contribution in [0, 0.1) is 11.7 Å². The van der Waals surface area contributed by atoms with Gasteiger partial charge in [-0.2, -0.15) is 5.10 Å². The van der Waals surface area contributed by atoms with Gasteiger partial charge in [-0.05, 0) is 32.4 Å². The normalized spacial score (nSPS) is 18.4. The molecule has 0 bridgehead atoms. The second kappa shape index (κ2) is 6.66. The Morgan fingerprint density at radius 2 is 2.17 bits per heavy atom. The molecule has 0 radical (unpaired) electrons. The lowest BCUT2D eigenvalue weighted by atomic mass is 9.92. The van der Waals surface area contributed by atoms with Gasteiger partial charge >= 0.3 is 0 Å². The fourth-order valence-electron chi connectivity index (χ4n) is 2.50. The second-order valence-corrected chi connectivity index (χ2v) is 6.50. The average Bonchev–Trinajstić information content (AvgIpc) is 2.45. The molecule has 0 saturated heterocycles. The number of halogens is 1. The molecule has 0 fully saturated rings. The lowest BCUT2D eigenvalue weighted by Crippen LogP contribution is -2.32. The number of hydrazone groups is 1. The molecule has 1 aliphatic rings. The van der Waals surface area contributed by atoms with E-state index >= 15 is 0 Å². The average molecular weight is 322 g/mol. The Balaban J connectivity index is 2.35. The highest BCUT2D eigenvalue weighted by atomic mass is 19.1. The first-order chi connectivity index (χ1) is 10.7. The molecule has 126 valence electrons. The van der Waals surface area contributed by atoms with E-state index in [2.05, 4.69) is 10.5 Å². The molecule has 0 aliphatic carbocycles. The van der Waals surface area contributed by atoms with Crippen molar-refractivity contribution in [2.45, 2.75) is 46.1 Å². The predicted octanol–water partition coefficient (Wildman–Crippen LogP) is 2.40. The first-order valence-corrected chi connectivity index (χ1v) is 7.76. The van der Waals surface area contributed by atoms with E-state index < -0.39 is 5.60 Å². The summed E-state index contributed by atoms with van der Waals surface area (Å²) in [6.07, 6.45) is 0.742. The van der Waals surface area contributed by atoms with Crippen molar-refractivity contribution in [3.05, 3.63) is 29.1 Å². The van der Waals surface area contributed by atoms with Gasteiger partial charge in [0, 0.05) is 23.5 Å². The lowest BCUT2D eigenvalue weighted by molar-refractivity contribution is -0.121. The van der Waals surface area contributed by atoms with Crippen LogP contribution in [0.5, 0.6) is 5.75 Å². The van der Waals surface area contributed by atoms with Gasteiger partial charge in [0.1, 0.15) is 18.2 Å². The summed E-state index contributed by atoms with van der Waals surface area (Å²) < 4.78 is 20.4. The van der Waals surface area contributed by atoms with Gasteiger partial charge in [-0.3, -0.25) is 4.79 Å². The van der Waals surface area contributed by atoms with E-state index in [9.17, 15) is 14.3 Å². The number of benzene rings is 1. The highest BCUT2D eigenvalue weighted by Crippen LogP contribution is 2.28. The van der Waals surface area contributed by atoms with Crippen LogP contribution >= 0.6 is 0 Å². The van der Waals surface area contributed by atoms with Crippen molar-refractivity contribution in [1.29, 1.82) is 0 Å². The first-order valence-electron chi connectivity index (χ1n) is 7.76. The van der Waals surface area contributed by atoms with E-state index in [-0.39, 0.29) is 30.7 Å². The molecule has 1 aromatic rings. The molecule has 1 heterocycles. The molecule has 1 atom stereocenters. The third-order valence-corrected chi connectivity index (χ3v) is 3.67. The molecule has 1 unspecified atom stereocenters. The molecule has 0 aromatic heterocycles. The maximum Gasteiger partial charge on any atom is 0.240 e. The van der Waals surface area contributed by atoms with Gasteiger partial charge < -0.3 is 9.84 Å². The summed E-state index contributed by atoms with van der Waals surface area (Å²) in [6, 6.07) is 3.30. The van der Waals surface area contributed by atoms with Crippen LogP contribution in [0.1, 0.15) is 45.2 Å². The molecule has 0 saturated carbocycles. The minimum atomic E-state index is -0.994. The van der Waals surface area contributed by atoms with Crippen LogP contribution in [0.25, 0.3) is 0 Å². The molecule has 1 aromatic carbocycles. The summed E-state index contributed by atoms with van der Waals surface area (Å²) in [6.45, 7) is 7.02. The van der Waals surface area contributed by atoms with E-state index in [1.54, 1.807) is 26.0 Å². The molecule has 1 aliphatic heterocycles. The zero-order chi connectivity index (χ0) is 17.2. The number of hydrogen-bond donors (Lipinski definition) is 2. The highest BCUT2D eigenvalue weighted by Gasteiger charge is 2.26. The number of nitrogens with zero attached hydrogens (tertiary/aromatic N) is 1. The second-order valence-electron chi connectivity index (χ2n) is 6.50. The maximum absolute atomic E-state index is 14.9. The van der Waals surface area contributed by atoms with Gasteiger partial charge in [0.15, 0.2) is 0 Å². The zero-order valence-electron chi connectivity index (χ0n) is 13.9. The van der Waals surface area contributed by atoms with E-state index in [0.717, 1.165) is 0 Å². The SMILES string of the molecule is CCc1c(OCC(C)(C)O)ccc(C2=NNC(=O)CC2C)c1F. The Kier molecular flexibility index (Phi) is 5.04. The van der Waals surface area contributed by atoms with Crippen LogP contribution in [0.3, 0.4) is 0 Å². The zero-order valence-corrected chi connectivity index (χ0v) is 13.9. The summed E-state index contributed by atoms with van der Waals surface area (Å²) in [5, 5.41) is 13.8. The molecule has 23 heavy (non-hydrogen) atoms. The topological polar surface area (TPSA) is 70.9 Å². The van der Waals surface area contributed by atoms with Crippen LogP contribution in [0.2, 0.25) is 0 Å². The smallest absolute Gasteiger partial charge is 0.240 e. The Morgan fingerprint density at radius 3 is 2.74 bits per heavy atom. The van der Waals surface area contributed by atoms with Gasteiger partial charge in [-0.15, -0.1) is 0 Å². The van der Waals surface area contributed by atoms with Gasteiger partial charge in [0.05, 0.1) is 11.3 Å². The number of amides is 1. The van der Waals surface area contributed by atoms with Crippen molar-refractivity contribution in [3.8, 4) is 5.75 Å². The summed E-state index contributed by atoms with van der Waals surface area (Å²) in [4.78, 5) is 11.3. The number of carbonyl (C=O) groups excluding carboxylic acids is 1. The minimum absolute atomic E-state index is 0.0756. The third kappa shape index (κ3) is 4.07. The van der Waals surface area contributed by atoms with Crippen molar-refractivity contribution >= 4 is 11.6 Å². The van der Waals surface area contributed by atoms with Crippen LogP contribution < -0.4 is 10.2 Å². The standard InChI is InChI=1S/C17H23FN2O3/c1-5-11-13(23-9-17(3,4)22)7-6-12(15(11)18)16-10(2)8-14(21)19-20-16/h6-7,10,22H,5,8-9H2,1-4H3,(H,19,21). The Bertz CT molecular complexity index is 635. The summed E-state index contributed by atoms with van der Waals surface area (Å²) in [5.41, 5.74) is 2.77. The maximum atomic E-state index is 14.9. The Morgan fingerprint density at radius 1 is 1.48 bits per heavy atom. The third-order valence-electron chi connectivity index (χ3n) is 3.67. The van der Waals surface area contributed by atoms with Crippen LogP contribution in [0.15, 0.2) is 17.2 Å². The van der Waals surface area contributed by atoms with Gasteiger partial charge in [0.2, 0.25) is 5.91 Å². The molecular weight excluding hydrogens is 299 g/mol. The van der Waals surface area contributed by atoms with Crippen LogP contribution in [0.4, 0.5) is 4.39 Å². The number of hydrogen-bond acceptors (Lipinski definition) is 4. The van der Waals surface area contributed by atoms with Crippen molar-refractivity contribution in [2.24, 2.45) is 11.0 Å². The molecule has 0 spiro atoms. The molecule has 2 N–H and O–H groups in total. The molecule has 1 amide bonds. The van der Waals surface area contributed by atoms with Crippen LogP contribution in [-0.4, -0.2) is 28.9 Å². The lowest BCUT2D eigenvalue weighted by Gasteiger charge is -2.22. The van der Waals surface area contributed by atoms with Crippen molar-refractivity contribution in [1.82, 2.24) is 5.43 Å². The number of aliphatic hydroxyl groups is 1. The first kappa shape index (κ1) is 17.4. The van der Waals surface area contributed by atoms with E-state index in [0.29, 0.717) is 29.0 Å². The number of nitrogens with one attached hydrogen (secondary N) is 1. The van der Waals surface area contributed by atoms with E-state index in [1.165, 1.54) is 0 Å². The largest absolute Gasteiger partial charge is 0.490 e. The van der Waals surface area contributed by atoms with E-state index in [4.69, 9.17) is 4.74 Å². The molecular formula is C17H23FN2O3. The van der Waals surface area contributed by atoms with E-state index in [1.807, 2.05) is 13.8 Å². The van der Waals surface area contributed by atoms with Crippen molar-refractivity contribution < 1.29 is 19.0 Å². The minimum Gasteiger partial charge on any atom is -0.490 e. The quantitative estimate of drug-likeness (QED) is 0.874. The summed E-state index contributed by atoms with van der Waals surface area (Å²) in [7, 11) is 0. The number of rotatable bonds is 5. The fourth-order valence-corrected chi connectivity index (χ4v) is 2.50. The van der Waals surface area contributed by atoms with Crippen molar-refractivity contribution in [2.75, 3.05) is 6.61 Å². The number of ether oxygens (including phenoxy) is 1. The summed E-state index contributed by atoms with van der Waals surface area (Å²) in [5.74, 6) is -0.278. The van der Waals surface area contributed by atoms with Crippen LogP contribution in [-0.2, 0) is 11.2 Å². The van der Waals surface area contributed by atoms with Crippen molar-refractivity contribution in [3.63, 3.8) is 0 Å². The Labute approximate surface area is 135 Å². The molecule has 5 nitrogen and oxygen atoms in total. The molecule has 6 heteroatoms. The molecule has 2 rings (SSSR count). The number of carbonyl (C=O) groups is 1. The van der Waals surface area contributed by atoms with Gasteiger partial charge in [0.25, 0.3) is 0 Å². The monoisotopic (exact) mass is 322 g/mol. The summed E-state index contributed by atoms with van der Waals surface area (Å²) >= 11 is 0. The Hall–Kier alpha value is -1.95. The fraction of sp³-hybridized carbons (Fsp3) is 0.529. The van der Waals surface area contributed by atoms with Gasteiger partial charge in [-0.1, -0.05) is 13.8 Å². The van der Waals surface area contributed by atoms with Gasteiger partial charge in [-0.25, -0.2) is 9.82 Å².